The van der Waals surface area contributed by atoms with Gasteiger partial charge in [0.05, 0.1) is 18.1 Å². The minimum Gasteiger partial charge on any atom is -0.497 e. The topological polar surface area (TPSA) is 39.1 Å². The van der Waals surface area contributed by atoms with E-state index in [1.165, 1.54) is 24.8 Å². The molecule has 27 heavy (non-hydrogen) atoms. The maximum atomic E-state index is 5.27. The molecule has 0 spiro atoms. The molecule has 2 aromatic carbocycles. The van der Waals surface area contributed by atoms with Crippen LogP contribution in [0.4, 0.5) is 11.6 Å². The third kappa shape index (κ3) is 3.66. The third-order valence-electron chi connectivity index (χ3n) is 5.67. The van der Waals surface area contributed by atoms with E-state index in [9.17, 15) is 0 Å². The second-order valence-corrected chi connectivity index (χ2v) is 8.71. The van der Waals surface area contributed by atoms with E-state index in [2.05, 4.69) is 54.9 Å². The first kappa shape index (κ1) is 17.9. The zero-order valence-electron chi connectivity index (χ0n) is 16.7. The molecule has 0 saturated heterocycles. The Labute approximate surface area is 161 Å². The third-order valence-corrected chi connectivity index (χ3v) is 5.67. The second-order valence-electron chi connectivity index (χ2n) is 8.71. The van der Waals surface area contributed by atoms with Gasteiger partial charge >= 0.3 is 0 Å². The first-order chi connectivity index (χ1) is 12.9. The van der Waals surface area contributed by atoms with Gasteiger partial charge in [-0.1, -0.05) is 32.9 Å². The molecule has 0 radical (unpaired) electrons. The van der Waals surface area contributed by atoms with Crippen molar-refractivity contribution >= 4 is 22.7 Å². The van der Waals surface area contributed by atoms with Crippen molar-refractivity contribution in [1.82, 2.24) is 9.55 Å². The lowest BCUT2D eigenvalue weighted by Crippen LogP contribution is -2.29. The van der Waals surface area contributed by atoms with Gasteiger partial charge in [-0.05, 0) is 67.0 Å². The van der Waals surface area contributed by atoms with E-state index in [1.807, 2.05) is 24.3 Å². The molecule has 2 atom stereocenters. The van der Waals surface area contributed by atoms with Gasteiger partial charge in [0.15, 0.2) is 0 Å². The lowest BCUT2D eigenvalue weighted by atomic mass is 9.70. The molecule has 0 bridgehead atoms. The summed E-state index contributed by atoms with van der Waals surface area (Å²) in [5.74, 6) is 2.50. The zero-order chi connectivity index (χ0) is 19.0. The van der Waals surface area contributed by atoms with Crippen molar-refractivity contribution in [1.29, 1.82) is 0 Å². The highest BCUT2D eigenvalue weighted by Gasteiger charge is 2.34. The predicted molar refractivity (Wildman–Crippen MR) is 112 cm³/mol. The van der Waals surface area contributed by atoms with Gasteiger partial charge in [-0.3, -0.25) is 0 Å². The summed E-state index contributed by atoms with van der Waals surface area (Å²) < 4.78 is 7.70. The monoisotopic (exact) mass is 363 g/mol. The summed E-state index contributed by atoms with van der Waals surface area (Å²) in [4.78, 5) is 4.92. The number of ether oxygens (including phenoxy) is 1. The summed E-state index contributed by atoms with van der Waals surface area (Å²) in [5, 5.41) is 3.55. The van der Waals surface area contributed by atoms with Crippen molar-refractivity contribution in [3.05, 3.63) is 48.5 Å². The molecule has 1 aliphatic carbocycles. The molecule has 1 fully saturated rings. The molecule has 1 N–H and O–H groups in total. The number of imidazole rings is 1. The van der Waals surface area contributed by atoms with Crippen LogP contribution in [0.5, 0.6) is 5.75 Å². The average Bonchev–Trinajstić information content (AvgIpc) is 2.98. The van der Waals surface area contributed by atoms with E-state index < -0.39 is 0 Å². The second kappa shape index (κ2) is 6.91. The Morgan fingerprint density at radius 2 is 1.81 bits per heavy atom. The van der Waals surface area contributed by atoms with Crippen LogP contribution in [0.2, 0.25) is 0 Å². The number of methoxy groups -OCH3 is 1. The van der Waals surface area contributed by atoms with Crippen molar-refractivity contribution in [2.45, 2.75) is 46.1 Å². The number of anilines is 2. The predicted octanol–water partition coefficient (Wildman–Crippen LogP) is 6.18. The highest BCUT2D eigenvalue weighted by molar-refractivity contribution is 5.80. The Balaban J connectivity index is 1.75. The molecule has 1 saturated carbocycles. The number of rotatable bonds is 4. The van der Waals surface area contributed by atoms with Crippen LogP contribution in [0.1, 0.15) is 46.1 Å². The van der Waals surface area contributed by atoms with E-state index in [4.69, 9.17) is 9.72 Å². The lowest BCUT2D eigenvalue weighted by molar-refractivity contribution is 0.140. The minimum absolute atomic E-state index is 0.352. The van der Waals surface area contributed by atoms with Crippen LogP contribution >= 0.6 is 0 Å². The molecule has 1 heterocycles. The van der Waals surface area contributed by atoms with E-state index in [1.54, 1.807) is 7.11 Å². The molecule has 4 rings (SSSR count). The quantitative estimate of drug-likeness (QED) is 0.602. The van der Waals surface area contributed by atoms with E-state index in [-0.39, 0.29) is 0 Å². The van der Waals surface area contributed by atoms with Gasteiger partial charge in [0, 0.05) is 11.7 Å². The number of nitrogens with one attached hydrogen (secondary N) is 1. The largest absolute Gasteiger partial charge is 0.497 e. The van der Waals surface area contributed by atoms with Crippen LogP contribution in [0.3, 0.4) is 0 Å². The normalized spacial score (nSPS) is 21.9. The Bertz CT molecular complexity index is 926. The fourth-order valence-electron chi connectivity index (χ4n) is 4.80. The van der Waals surface area contributed by atoms with E-state index >= 15 is 0 Å². The molecule has 3 aromatic rings. The Morgan fingerprint density at radius 3 is 2.52 bits per heavy atom. The first-order valence-corrected chi connectivity index (χ1v) is 9.83. The van der Waals surface area contributed by atoms with E-state index in [0.29, 0.717) is 17.4 Å². The van der Waals surface area contributed by atoms with Crippen LogP contribution < -0.4 is 10.1 Å². The zero-order valence-corrected chi connectivity index (χ0v) is 16.7. The number of hydrogen-bond acceptors (Lipinski definition) is 3. The average molecular weight is 364 g/mol. The molecule has 1 aliphatic rings. The van der Waals surface area contributed by atoms with Crippen molar-refractivity contribution in [3.8, 4) is 5.75 Å². The van der Waals surface area contributed by atoms with Crippen molar-refractivity contribution in [2.75, 3.05) is 12.4 Å². The van der Waals surface area contributed by atoms with Gasteiger partial charge in [0.25, 0.3) is 0 Å². The fraction of sp³-hybridized carbons (Fsp3) is 0.435. The number of benzene rings is 2. The van der Waals surface area contributed by atoms with Crippen LogP contribution in [0, 0.1) is 11.3 Å². The van der Waals surface area contributed by atoms with Gasteiger partial charge in [-0.15, -0.1) is 0 Å². The molecule has 1 aromatic heterocycles. The Hall–Kier alpha value is -2.49. The van der Waals surface area contributed by atoms with Crippen LogP contribution in [0.25, 0.3) is 11.0 Å². The lowest BCUT2D eigenvalue weighted by Gasteiger charge is -2.40. The van der Waals surface area contributed by atoms with Gasteiger partial charge in [0.1, 0.15) is 5.75 Å². The van der Waals surface area contributed by atoms with Crippen molar-refractivity contribution < 1.29 is 4.74 Å². The summed E-state index contributed by atoms with van der Waals surface area (Å²) in [5.41, 5.74) is 3.63. The standard InChI is InChI=1S/C23H29N3O/c1-16-13-18(15-23(2,3)14-16)26-21-8-6-5-7-20(21)25-22(26)24-17-9-11-19(27-4)12-10-17/h5-12,16,18H,13-15H2,1-4H3,(H,24,25)/t16-,18-/m0/s1. The SMILES string of the molecule is COc1ccc(Nc2nc3ccccc3n2[C@H]2C[C@H](C)CC(C)(C)C2)cc1. The van der Waals surface area contributed by atoms with Gasteiger partial charge < -0.3 is 14.6 Å². The smallest absolute Gasteiger partial charge is 0.208 e. The van der Waals surface area contributed by atoms with Crippen LogP contribution in [0.15, 0.2) is 48.5 Å². The first-order valence-electron chi connectivity index (χ1n) is 9.83. The van der Waals surface area contributed by atoms with Crippen LogP contribution in [-0.4, -0.2) is 16.7 Å². The number of para-hydroxylation sites is 2. The summed E-state index contributed by atoms with van der Waals surface area (Å²) >= 11 is 0. The molecule has 142 valence electrons. The Kier molecular flexibility index (Phi) is 4.58. The molecule has 4 nitrogen and oxygen atoms in total. The highest BCUT2D eigenvalue weighted by atomic mass is 16.5. The summed E-state index contributed by atoms with van der Waals surface area (Å²) in [6.07, 6.45) is 3.66. The minimum atomic E-state index is 0.352. The highest BCUT2D eigenvalue weighted by Crippen LogP contribution is 2.46. The van der Waals surface area contributed by atoms with Gasteiger partial charge in [-0.25, -0.2) is 4.98 Å². The molecule has 0 unspecified atom stereocenters. The number of aromatic nitrogens is 2. The van der Waals surface area contributed by atoms with Crippen LogP contribution in [-0.2, 0) is 0 Å². The molecular weight excluding hydrogens is 334 g/mol. The maximum Gasteiger partial charge on any atom is 0.208 e. The summed E-state index contributed by atoms with van der Waals surface area (Å²) in [6.45, 7) is 7.17. The molecule has 0 aliphatic heterocycles. The fourth-order valence-corrected chi connectivity index (χ4v) is 4.80. The number of fused-ring (bicyclic) bond motifs is 1. The number of nitrogens with zero attached hydrogens (tertiary/aromatic N) is 2. The van der Waals surface area contributed by atoms with E-state index in [0.717, 1.165) is 22.9 Å². The van der Waals surface area contributed by atoms with Gasteiger partial charge in [0.2, 0.25) is 5.95 Å². The molecular formula is C23H29N3O. The van der Waals surface area contributed by atoms with Gasteiger partial charge in [-0.2, -0.15) is 0 Å². The van der Waals surface area contributed by atoms with Crippen molar-refractivity contribution in [3.63, 3.8) is 0 Å². The molecule has 0 amide bonds. The Morgan fingerprint density at radius 1 is 1.07 bits per heavy atom. The maximum absolute atomic E-state index is 5.27. The summed E-state index contributed by atoms with van der Waals surface area (Å²) in [6, 6.07) is 16.9. The molecule has 4 heteroatoms. The summed E-state index contributed by atoms with van der Waals surface area (Å²) in [7, 11) is 1.69. The van der Waals surface area contributed by atoms with Crippen molar-refractivity contribution in [2.24, 2.45) is 11.3 Å². The number of hydrogen-bond donors (Lipinski definition) is 1.